The Morgan fingerprint density at radius 2 is 2.21 bits per heavy atom. The van der Waals surface area contributed by atoms with Gasteiger partial charge in [0.15, 0.2) is 0 Å². The second-order valence-electron chi connectivity index (χ2n) is 2.72. The lowest BCUT2D eigenvalue weighted by Crippen LogP contribution is -2.03. The molecule has 0 bridgehead atoms. The van der Waals surface area contributed by atoms with Crippen molar-refractivity contribution < 1.29 is 14.6 Å². The molecule has 1 rings (SSSR count). The molecule has 0 aliphatic heterocycles. The third-order valence-electron chi connectivity index (χ3n) is 1.71. The van der Waals surface area contributed by atoms with Gasteiger partial charge >= 0.3 is 5.97 Å². The van der Waals surface area contributed by atoms with E-state index in [4.69, 9.17) is 9.84 Å². The maximum absolute atomic E-state index is 10.8. The Bertz CT molecular complexity index is 312. The summed E-state index contributed by atoms with van der Waals surface area (Å²) in [5, 5.41) is 8.86. The third kappa shape index (κ3) is 3.05. The van der Waals surface area contributed by atoms with Crippen molar-refractivity contribution in [2.75, 3.05) is 12.2 Å². The molecule has 0 radical (unpaired) electrons. The topological polar surface area (TPSA) is 46.5 Å². The van der Waals surface area contributed by atoms with E-state index in [0.29, 0.717) is 23.7 Å². The predicted octanol–water partition coefficient (Wildman–Crippen LogP) is 2.22. The van der Waals surface area contributed by atoms with Crippen LogP contribution >= 0.6 is 11.8 Å². The summed E-state index contributed by atoms with van der Waals surface area (Å²) in [4.78, 5) is 10.8. The van der Waals surface area contributed by atoms with Gasteiger partial charge in [-0.05, 0) is 17.9 Å². The largest absolute Gasteiger partial charge is 0.478 e. The van der Waals surface area contributed by atoms with Gasteiger partial charge in [-0.25, -0.2) is 4.79 Å². The summed E-state index contributed by atoms with van der Waals surface area (Å²) in [5.41, 5.74) is 1.03. The number of aromatic carboxylic acids is 1. The molecule has 0 spiro atoms. The number of carboxylic acids is 1. The third-order valence-corrected chi connectivity index (χ3v) is 2.11. The van der Waals surface area contributed by atoms with Gasteiger partial charge < -0.3 is 9.84 Å². The van der Waals surface area contributed by atoms with Crippen molar-refractivity contribution in [3.05, 3.63) is 35.4 Å². The van der Waals surface area contributed by atoms with E-state index in [2.05, 4.69) is 0 Å². The molecule has 1 aromatic carbocycles. The zero-order chi connectivity index (χ0) is 10.4. The maximum Gasteiger partial charge on any atom is 0.336 e. The lowest BCUT2D eigenvalue weighted by molar-refractivity contribution is 0.0691. The molecule has 1 N–H and O–H groups in total. The van der Waals surface area contributed by atoms with Gasteiger partial charge in [-0.3, -0.25) is 0 Å². The highest BCUT2D eigenvalue weighted by atomic mass is 32.2. The molecule has 14 heavy (non-hydrogen) atoms. The molecule has 0 amide bonds. The van der Waals surface area contributed by atoms with Gasteiger partial charge in [0.2, 0.25) is 0 Å². The molecule has 3 nitrogen and oxygen atoms in total. The minimum Gasteiger partial charge on any atom is -0.478 e. The van der Waals surface area contributed by atoms with E-state index in [1.807, 2.05) is 12.3 Å². The van der Waals surface area contributed by atoms with Crippen LogP contribution in [0.3, 0.4) is 0 Å². The second-order valence-corrected chi connectivity index (χ2v) is 3.53. The summed E-state index contributed by atoms with van der Waals surface area (Å²) in [6.45, 7) is 0.351. The molecule has 0 unspecified atom stereocenters. The summed E-state index contributed by atoms with van der Waals surface area (Å²) in [7, 11) is 0. The molecule has 76 valence electrons. The van der Waals surface area contributed by atoms with E-state index in [9.17, 15) is 4.79 Å². The Balaban J connectivity index is 2.69. The van der Waals surface area contributed by atoms with Crippen LogP contribution in [0.5, 0.6) is 0 Å². The van der Waals surface area contributed by atoms with E-state index < -0.39 is 5.97 Å². The van der Waals surface area contributed by atoms with Gasteiger partial charge in [0, 0.05) is 0 Å². The first-order chi connectivity index (χ1) is 6.75. The lowest BCUT2D eigenvalue weighted by Gasteiger charge is -2.05. The van der Waals surface area contributed by atoms with Gasteiger partial charge in [0.1, 0.15) is 0 Å². The number of hydrogen-bond donors (Lipinski definition) is 1. The average Bonchev–Trinajstić information content (AvgIpc) is 2.19. The number of thioether (sulfide) groups is 1. The minimum atomic E-state index is -0.909. The fraction of sp³-hybridized carbons (Fsp3) is 0.300. The van der Waals surface area contributed by atoms with E-state index in [1.54, 1.807) is 30.0 Å². The van der Waals surface area contributed by atoms with Crippen LogP contribution in [0.15, 0.2) is 24.3 Å². The highest BCUT2D eigenvalue weighted by Crippen LogP contribution is 2.10. The van der Waals surface area contributed by atoms with Gasteiger partial charge in [-0.2, -0.15) is 0 Å². The van der Waals surface area contributed by atoms with Crippen molar-refractivity contribution >= 4 is 17.7 Å². The molecule has 1 aromatic rings. The summed E-state index contributed by atoms with van der Waals surface area (Å²) >= 11 is 1.57. The molecule has 0 aliphatic rings. The molecule has 0 fully saturated rings. The van der Waals surface area contributed by atoms with Gasteiger partial charge in [-0.1, -0.05) is 18.2 Å². The summed E-state index contributed by atoms with van der Waals surface area (Å²) < 4.78 is 5.26. The quantitative estimate of drug-likeness (QED) is 0.600. The first kappa shape index (κ1) is 11.1. The number of ether oxygens (including phenoxy) is 1. The Hall–Kier alpha value is -1.00. The van der Waals surface area contributed by atoms with Crippen molar-refractivity contribution in [3.8, 4) is 0 Å². The van der Waals surface area contributed by atoms with Crippen LogP contribution < -0.4 is 0 Å². The van der Waals surface area contributed by atoms with E-state index >= 15 is 0 Å². The van der Waals surface area contributed by atoms with Gasteiger partial charge in [-0.15, -0.1) is 11.8 Å². The van der Waals surface area contributed by atoms with Gasteiger partial charge in [0.05, 0.1) is 18.1 Å². The van der Waals surface area contributed by atoms with Crippen LogP contribution in [0.25, 0.3) is 0 Å². The first-order valence-electron chi connectivity index (χ1n) is 4.13. The molecular formula is C10H12O3S. The molecule has 0 saturated heterocycles. The van der Waals surface area contributed by atoms with E-state index in [0.717, 1.165) is 0 Å². The lowest BCUT2D eigenvalue weighted by atomic mass is 10.1. The molecule has 0 aromatic heterocycles. The standard InChI is InChI=1S/C10H12O3S/c1-14-7-13-6-8-4-2-3-5-9(8)10(11)12/h2-5H,6-7H2,1H3,(H,11,12). The fourth-order valence-electron chi connectivity index (χ4n) is 1.09. The smallest absolute Gasteiger partial charge is 0.336 e. The summed E-state index contributed by atoms with van der Waals surface area (Å²) in [5.74, 6) is -0.332. The molecule has 4 heteroatoms. The van der Waals surface area contributed by atoms with Crippen molar-refractivity contribution in [2.45, 2.75) is 6.61 Å². The SMILES string of the molecule is CSCOCc1ccccc1C(=O)O. The molecule has 0 saturated carbocycles. The molecule has 0 atom stereocenters. The number of rotatable bonds is 5. The van der Waals surface area contributed by atoms with Crippen molar-refractivity contribution in [3.63, 3.8) is 0 Å². The van der Waals surface area contributed by atoms with Crippen LogP contribution in [0.1, 0.15) is 15.9 Å². The summed E-state index contributed by atoms with van der Waals surface area (Å²) in [6, 6.07) is 6.87. The van der Waals surface area contributed by atoms with Crippen LogP contribution in [0.2, 0.25) is 0 Å². The van der Waals surface area contributed by atoms with Crippen molar-refractivity contribution in [1.82, 2.24) is 0 Å². The van der Waals surface area contributed by atoms with Crippen LogP contribution in [0.4, 0.5) is 0 Å². The summed E-state index contributed by atoms with van der Waals surface area (Å²) in [6.07, 6.45) is 1.93. The van der Waals surface area contributed by atoms with Crippen LogP contribution in [0, 0.1) is 0 Å². The highest BCUT2D eigenvalue weighted by molar-refractivity contribution is 7.98. The number of carbonyl (C=O) groups is 1. The van der Waals surface area contributed by atoms with Gasteiger partial charge in [0.25, 0.3) is 0 Å². The number of benzene rings is 1. The Kier molecular flexibility index (Phi) is 4.49. The highest BCUT2D eigenvalue weighted by Gasteiger charge is 2.07. The van der Waals surface area contributed by atoms with E-state index in [-0.39, 0.29) is 0 Å². The Morgan fingerprint density at radius 1 is 1.50 bits per heavy atom. The first-order valence-corrected chi connectivity index (χ1v) is 5.53. The van der Waals surface area contributed by atoms with Crippen LogP contribution in [-0.2, 0) is 11.3 Å². The zero-order valence-electron chi connectivity index (χ0n) is 7.90. The fourth-order valence-corrected chi connectivity index (χ4v) is 1.34. The Labute approximate surface area is 87.1 Å². The van der Waals surface area contributed by atoms with E-state index in [1.165, 1.54) is 0 Å². The number of hydrogen-bond acceptors (Lipinski definition) is 3. The van der Waals surface area contributed by atoms with Crippen LogP contribution in [-0.4, -0.2) is 23.3 Å². The Morgan fingerprint density at radius 3 is 2.86 bits per heavy atom. The maximum atomic E-state index is 10.8. The monoisotopic (exact) mass is 212 g/mol. The minimum absolute atomic E-state index is 0.314. The molecule has 0 heterocycles. The second kappa shape index (κ2) is 5.67. The normalized spacial score (nSPS) is 10.1. The zero-order valence-corrected chi connectivity index (χ0v) is 8.71. The van der Waals surface area contributed by atoms with Crippen molar-refractivity contribution in [2.24, 2.45) is 0 Å². The molecule has 0 aliphatic carbocycles. The molecular weight excluding hydrogens is 200 g/mol. The van der Waals surface area contributed by atoms with Crippen molar-refractivity contribution in [1.29, 1.82) is 0 Å². The predicted molar refractivity (Wildman–Crippen MR) is 56.6 cm³/mol. The number of carboxylic acid groups (broad SMARTS) is 1. The average molecular weight is 212 g/mol.